The highest BCUT2D eigenvalue weighted by Gasteiger charge is 2.21. The van der Waals surface area contributed by atoms with Crippen LogP contribution >= 0.6 is 0 Å². The van der Waals surface area contributed by atoms with Crippen molar-refractivity contribution in [3.8, 4) is 5.95 Å². The van der Waals surface area contributed by atoms with Crippen molar-refractivity contribution in [1.29, 1.82) is 0 Å². The van der Waals surface area contributed by atoms with Gasteiger partial charge in [0.05, 0.1) is 19.3 Å². The van der Waals surface area contributed by atoms with Gasteiger partial charge in [0, 0.05) is 25.5 Å². The molecule has 0 unspecified atom stereocenters. The summed E-state index contributed by atoms with van der Waals surface area (Å²) >= 11 is 0. The van der Waals surface area contributed by atoms with Crippen molar-refractivity contribution < 1.29 is 4.74 Å². The predicted octanol–water partition coefficient (Wildman–Crippen LogP) is -0.0864. The van der Waals surface area contributed by atoms with Crippen LogP contribution in [0, 0.1) is 0 Å². The van der Waals surface area contributed by atoms with Crippen molar-refractivity contribution in [3.05, 3.63) is 24.3 Å². The highest BCUT2D eigenvalue weighted by atomic mass is 16.5. The highest BCUT2D eigenvalue weighted by Crippen LogP contribution is 2.17. The molecular formula is C12H17N7O. The first kappa shape index (κ1) is 12.9. The Morgan fingerprint density at radius 3 is 2.55 bits per heavy atom. The minimum atomic E-state index is -0.249. The number of morpholine rings is 1. The zero-order valence-corrected chi connectivity index (χ0v) is 11.3. The number of aromatic nitrogens is 5. The molecule has 0 aliphatic carbocycles. The molecular weight excluding hydrogens is 258 g/mol. The Balaban J connectivity index is 1.98. The summed E-state index contributed by atoms with van der Waals surface area (Å²) in [6.07, 6.45) is 3.34. The lowest BCUT2D eigenvalue weighted by Gasteiger charge is -2.25. The van der Waals surface area contributed by atoms with E-state index in [1.165, 1.54) is 0 Å². The van der Waals surface area contributed by atoms with Gasteiger partial charge in [-0.25, -0.2) is 9.97 Å². The van der Waals surface area contributed by atoms with Gasteiger partial charge in [0.2, 0.25) is 5.95 Å². The fourth-order valence-corrected chi connectivity index (χ4v) is 2.05. The molecule has 0 radical (unpaired) electrons. The number of anilines is 1. The maximum absolute atomic E-state index is 5.97. The molecule has 1 aliphatic heterocycles. The number of hydrogen-bond donors (Lipinski definition) is 1. The van der Waals surface area contributed by atoms with Gasteiger partial charge in [0.1, 0.15) is 0 Å². The van der Waals surface area contributed by atoms with E-state index in [-0.39, 0.29) is 6.04 Å². The van der Waals surface area contributed by atoms with Gasteiger partial charge in [-0.2, -0.15) is 9.67 Å². The van der Waals surface area contributed by atoms with Crippen LogP contribution in [0.5, 0.6) is 0 Å². The van der Waals surface area contributed by atoms with Crippen LogP contribution in [0.2, 0.25) is 0 Å². The Labute approximate surface area is 116 Å². The highest BCUT2D eigenvalue weighted by molar-refractivity contribution is 5.32. The summed E-state index contributed by atoms with van der Waals surface area (Å²) in [5.74, 6) is 1.78. The third kappa shape index (κ3) is 2.47. The largest absolute Gasteiger partial charge is 0.378 e. The molecule has 0 spiro atoms. The lowest BCUT2D eigenvalue weighted by atomic mass is 10.3. The lowest BCUT2D eigenvalue weighted by molar-refractivity contribution is 0.122. The van der Waals surface area contributed by atoms with E-state index in [9.17, 15) is 0 Å². The molecule has 3 heterocycles. The summed E-state index contributed by atoms with van der Waals surface area (Å²) in [7, 11) is 0. The first-order valence-electron chi connectivity index (χ1n) is 6.58. The Bertz CT molecular complexity index is 562. The summed E-state index contributed by atoms with van der Waals surface area (Å²) in [5.41, 5.74) is 5.97. The molecule has 0 aromatic carbocycles. The molecule has 20 heavy (non-hydrogen) atoms. The fourth-order valence-electron chi connectivity index (χ4n) is 2.05. The van der Waals surface area contributed by atoms with Crippen LogP contribution in [0.25, 0.3) is 5.95 Å². The maximum atomic E-state index is 5.97. The minimum Gasteiger partial charge on any atom is -0.378 e. The second-order valence-electron chi connectivity index (χ2n) is 4.62. The molecule has 2 N–H and O–H groups in total. The molecule has 0 bridgehead atoms. The predicted molar refractivity (Wildman–Crippen MR) is 72.6 cm³/mol. The molecule has 8 heteroatoms. The molecule has 106 valence electrons. The summed E-state index contributed by atoms with van der Waals surface area (Å²) in [6, 6.07) is 1.51. The third-order valence-corrected chi connectivity index (χ3v) is 3.06. The maximum Gasteiger partial charge on any atom is 0.252 e. The van der Waals surface area contributed by atoms with Gasteiger partial charge in [-0.05, 0) is 13.0 Å². The fraction of sp³-hybridized carbons (Fsp3) is 0.500. The van der Waals surface area contributed by atoms with Crippen molar-refractivity contribution in [2.24, 2.45) is 5.73 Å². The van der Waals surface area contributed by atoms with Gasteiger partial charge >= 0.3 is 0 Å². The zero-order valence-electron chi connectivity index (χ0n) is 11.3. The van der Waals surface area contributed by atoms with Crippen molar-refractivity contribution in [2.45, 2.75) is 13.0 Å². The van der Waals surface area contributed by atoms with E-state index >= 15 is 0 Å². The summed E-state index contributed by atoms with van der Waals surface area (Å²) in [6.45, 7) is 4.79. The average molecular weight is 275 g/mol. The van der Waals surface area contributed by atoms with Gasteiger partial charge in [-0.3, -0.25) is 0 Å². The van der Waals surface area contributed by atoms with Crippen LogP contribution in [0.3, 0.4) is 0 Å². The molecule has 0 saturated carbocycles. The topological polar surface area (TPSA) is 95.0 Å². The van der Waals surface area contributed by atoms with Crippen LogP contribution in [-0.4, -0.2) is 51.0 Å². The standard InChI is InChI=1S/C12H17N7O/c1-9(13)10-16-12(18-5-7-20-8-6-18)17-19(10)11-14-3-2-4-15-11/h2-4,9H,5-8,13H2,1H3/t9-/m0/s1. The molecule has 3 rings (SSSR count). The molecule has 8 nitrogen and oxygen atoms in total. The van der Waals surface area contributed by atoms with Crippen LogP contribution in [0.1, 0.15) is 18.8 Å². The van der Waals surface area contributed by atoms with Crippen molar-refractivity contribution in [1.82, 2.24) is 24.7 Å². The number of hydrogen-bond acceptors (Lipinski definition) is 7. The van der Waals surface area contributed by atoms with Crippen LogP contribution in [0.15, 0.2) is 18.5 Å². The molecule has 1 fully saturated rings. The smallest absolute Gasteiger partial charge is 0.252 e. The van der Waals surface area contributed by atoms with E-state index in [1.54, 1.807) is 23.1 Å². The van der Waals surface area contributed by atoms with E-state index in [2.05, 4.69) is 25.0 Å². The monoisotopic (exact) mass is 275 g/mol. The van der Waals surface area contributed by atoms with Gasteiger partial charge in [0.25, 0.3) is 5.95 Å². The molecule has 2 aromatic rings. The average Bonchev–Trinajstić information content (AvgIpc) is 2.94. The van der Waals surface area contributed by atoms with E-state index in [0.29, 0.717) is 30.9 Å². The molecule has 1 atom stereocenters. The molecule has 2 aromatic heterocycles. The van der Waals surface area contributed by atoms with Crippen LogP contribution in [-0.2, 0) is 4.74 Å². The third-order valence-electron chi connectivity index (χ3n) is 3.06. The second-order valence-corrected chi connectivity index (χ2v) is 4.62. The Morgan fingerprint density at radius 2 is 1.90 bits per heavy atom. The Morgan fingerprint density at radius 1 is 1.20 bits per heavy atom. The van der Waals surface area contributed by atoms with Crippen molar-refractivity contribution in [3.63, 3.8) is 0 Å². The van der Waals surface area contributed by atoms with E-state index in [0.717, 1.165) is 13.1 Å². The Kier molecular flexibility index (Phi) is 3.57. The van der Waals surface area contributed by atoms with Gasteiger partial charge in [0.15, 0.2) is 5.82 Å². The van der Waals surface area contributed by atoms with Crippen molar-refractivity contribution >= 4 is 5.95 Å². The van der Waals surface area contributed by atoms with Gasteiger partial charge in [-0.1, -0.05) is 0 Å². The summed E-state index contributed by atoms with van der Waals surface area (Å²) in [5, 5.41) is 4.50. The second kappa shape index (κ2) is 5.51. The quantitative estimate of drug-likeness (QED) is 0.836. The van der Waals surface area contributed by atoms with E-state index in [4.69, 9.17) is 10.5 Å². The van der Waals surface area contributed by atoms with E-state index < -0.39 is 0 Å². The molecule has 1 aliphatic rings. The SMILES string of the molecule is C[C@H](N)c1nc(N2CCOCC2)nn1-c1ncccn1. The van der Waals surface area contributed by atoms with Gasteiger partial charge < -0.3 is 15.4 Å². The molecule has 0 amide bonds. The number of ether oxygens (including phenoxy) is 1. The molecule has 1 saturated heterocycles. The normalized spacial score (nSPS) is 17.2. The van der Waals surface area contributed by atoms with Crippen LogP contribution in [0.4, 0.5) is 5.95 Å². The van der Waals surface area contributed by atoms with Gasteiger partial charge in [-0.15, -0.1) is 5.10 Å². The van der Waals surface area contributed by atoms with Crippen molar-refractivity contribution in [2.75, 3.05) is 31.2 Å². The first-order valence-corrected chi connectivity index (χ1v) is 6.58. The Hall–Kier alpha value is -2.06. The minimum absolute atomic E-state index is 0.249. The lowest BCUT2D eigenvalue weighted by Crippen LogP contribution is -2.37. The summed E-state index contributed by atoms with van der Waals surface area (Å²) in [4.78, 5) is 15.0. The summed E-state index contributed by atoms with van der Waals surface area (Å²) < 4.78 is 6.94. The first-order chi connectivity index (χ1) is 9.75. The number of rotatable bonds is 3. The number of nitrogens with two attached hydrogens (primary N) is 1. The van der Waals surface area contributed by atoms with E-state index in [1.807, 2.05) is 6.92 Å². The van der Waals surface area contributed by atoms with Crippen LogP contribution < -0.4 is 10.6 Å². The number of nitrogens with zero attached hydrogens (tertiary/aromatic N) is 6. The zero-order chi connectivity index (χ0) is 13.9.